The summed E-state index contributed by atoms with van der Waals surface area (Å²) in [6.45, 7) is 6.70. The molecule has 0 saturated heterocycles. The van der Waals surface area contributed by atoms with E-state index >= 15 is 0 Å². The zero-order chi connectivity index (χ0) is 15.0. The van der Waals surface area contributed by atoms with Crippen LogP contribution in [0.2, 0.25) is 0 Å². The van der Waals surface area contributed by atoms with Gasteiger partial charge in [0, 0.05) is 22.7 Å². The molecular weight excluding hydrogens is 258 g/mol. The summed E-state index contributed by atoms with van der Waals surface area (Å²) < 4.78 is 5.27. The lowest BCUT2D eigenvalue weighted by Crippen LogP contribution is -2.10. The minimum absolute atomic E-state index is 0.187. The second-order valence-electron chi connectivity index (χ2n) is 6.46. The molecule has 0 spiro atoms. The van der Waals surface area contributed by atoms with Crippen LogP contribution in [0.25, 0.3) is 22.2 Å². The molecule has 0 bridgehead atoms. The van der Waals surface area contributed by atoms with E-state index < -0.39 is 0 Å². The van der Waals surface area contributed by atoms with Gasteiger partial charge in [-0.1, -0.05) is 45.0 Å². The molecule has 0 aliphatic carbocycles. The summed E-state index contributed by atoms with van der Waals surface area (Å²) in [6, 6.07) is 17.1. The van der Waals surface area contributed by atoms with Gasteiger partial charge in [-0.2, -0.15) is 0 Å². The van der Waals surface area contributed by atoms with Crippen LogP contribution in [0.3, 0.4) is 0 Å². The maximum atomic E-state index is 5.27. The van der Waals surface area contributed by atoms with Crippen molar-refractivity contribution in [3.63, 3.8) is 0 Å². The van der Waals surface area contributed by atoms with Crippen LogP contribution >= 0.6 is 0 Å². The summed E-state index contributed by atoms with van der Waals surface area (Å²) in [5.74, 6) is 0.874. The zero-order valence-electron chi connectivity index (χ0n) is 13.0. The Morgan fingerprint density at radius 3 is 2.24 bits per heavy atom. The molecule has 1 heterocycles. The van der Waals surface area contributed by atoms with Crippen molar-refractivity contribution in [2.45, 2.75) is 26.2 Å². The van der Waals surface area contributed by atoms with E-state index in [2.05, 4.69) is 62.2 Å². The van der Waals surface area contributed by atoms with Crippen LogP contribution in [0.5, 0.6) is 5.75 Å². The lowest BCUT2D eigenvalue weighted by atomic mass is 9.86. The highest BCUT2D eigenvalue weighted by Gasteiger charge is 2.13. The van der Waals surface area contributed by atoms with Gasteiger partial charge in [-0.15, -0.1) is 0 Å². The number of H-pyrrole nitrogens is 1. The number of aromatic amines is 1. The predicted octanol–water partition coefficient (Wildman–Crippen LogP) is 5.14. The molecule has 3 aromatic rings. The number of benzene rings is 2. The first-order chi connectivity index (χ1) is 9.97. The predicted molar refractivity (Wildman–Crippen MR) is 89.0 cm³/mol. The van der Waals surface area contributed by atoms with Gasteiger partial charge in [-0.3, -0.25) is 0 Å². The van der Waals surface area contributed by atoms with Crippen LogP contribution in [0.1, 0.15) is 26.3 Å². The van der Waals surface area contributed by atoms with Crippen LogP contribution < -0.4 is 4.74 Å². The molecule has 1 N–H and O–H groups in total. The van der Waals surface area contributed by atoms with Crippen LogP contribution in [0.4, 0.5) is 0 Å². The molecule has 0 aliphatic rings. The average Bonchev–Trinajstić information content (AvgIpc) is 2.89. The van der Waals surface area contributed by atoms with Crippen molar-refractivity contribution in [3.05, 3.63) is 54.1 Å². The maximum absolute atomic E-state index is 5.27. The number of nitrogens with one attached hydrogen (secondary N) is 1. The number of ether oxygens (including phenoxy) is 1. The highest BCUT2D eigenvalue weighted by atomic mass is 16.5. The molecule has 21 heavy (non-hydrogen) atoms. The molecule has 0 radical (unpaired) electrons. The SMILES string of the molecule is COc1ccc2cc(-c3ccc(C(C)(C)C)cc3)[nH]c2c1. The third kappa shape index (κ3) is 2.66. The third-order valence-corrected chi connectivity index (χ3v) is 3.89. The number of hydrogen-bond donors (Lipinski definition) is 1. The Balaban J connectivity index is 2.00. The van der Waals surface area contributed by atoms with Crippen LogP contribution in [0.15, 0.2) is 48.5 Å². The molecule has 0 amide bonds. The minimum Gasteiger partial charge on any atom is -0.497 e. The van der Waals surface area contributed by atoms with E-state index in [0.717, 1.165) is 17.0 Å². The van der Waals surface area contributed by atoms with E-state index in [1.165, 1.54) is 16.5 Å². The van der Waals surface area contributed by atoms with Gasteiger partial charge in [-0.05, 0) is 34.7 Å². The van der Waals surface area contributed by atoms with E-state index in [1.807, 2.05) is 12.1 Å². The second-order valence-corrected chi connectivity index (χ2v) is 6.46. The van der Waals surface area contributed by atoms with Gasteiger partial charge in [0.2, 0.25) is 0 Å². The van der Waals surface area contributed by atoms with Crippen LogP contribution in [0, 0.1) is 0 Å². The summed E-state index contributed by atoms with van der Waals surface area (Å²) in [4.78, 5) is 3.46. The number of aromatic nitrogens is 1. The minimum atomic E-state index is 0.187. The molecule has 2 nitrogen and oxygen atoms in total. The molecule has 108 valence electrons. The molecule has 1 aromatic heterocycles. The first-order valence-electron chi connectivity index (χ1n) is 7.25. The molecule has 0 atom stereocenters. The van der Waals surface area contributed by atoms with Crippen molar-refractivity contribution in [3.8, 4) is 17.0 Å². The maximum Gasteiger partial charge on any atom is 0.120 e. The molecule has 0 fully saturated rings. The summed E-state index contributed by atoms with van der Waals surface area (Å²) in [5, 5.41) is 1.20. The molecular formula is C19H21NO. The molecule has 3 rings (SSSR count). The van der Waals surface area contributed by atoms with Gasteiger partial charge in [0.25, 0.3) is 0 Å². The van der Waals surface area contributed by atoms with Gasteiger partial charge in [0.05, 0.1) is 7.11 Å². The van der Waals surface area contributed by atoms with E-state index in [-0.39, 0.29) is 5.41 Å². The van der Waals surface area contributed by atoms with Crippen LogP contribution in [-0.4, -0.2) is 12.1 Å². The standard InChI is InChI=1S/C19H21NO/c1-19(2,3)15-8-5-13(6-9-15)17-11-14-7-10-16(21-4)12-18(14)20-17/h5-12,20H,1-4H3. The number of methoxy groups -OCH3 is 1. The Morgan fingerprint density at radius 1 is 0.905 bits per heavy atom. The van der Waals surface area contributed by atoms with Gasteiger partial charge >= 0.3 is 0 Å². The fourth-order valence-electron chi connectivity index (χ4n) is 2.54. The summed E-state index contributed by atoms with van der Waals surface area (Å²) in [6.07, 6.45) is 0. The van der Waals surface area contributed by atoms with Crippen molar-refractivity contribution in [2.75, 3.05) is 7.11 Å². The third-order valence-electron chi connectivity index (χ3n) is 3.89. The van der Waals surface area contributed by atoms with E-state index in [1.54, 1.807) is 7.11 Å². The summed E-state index contributed by atoms with van der Waals surface area (Å²) in [7, 11) is 1.69. The molecule has 0 saturated carbocycles. The lowest BCUT2D eigenvalue weighted by molar-refractivity contribution is 0.415. The van der Waals surface area contributed by atoms with Crippen LogP contribution in [-0.2, 0) is 5.41 Å². The Morgan fingerprint density at radius 2 is 1.62 bits per heavy atom. The smallest absolute Gasteiger partial charge is 0.120 e. The largest absolute Gasteiger partial charge is 0.497 e. The van der Waals surface area contributed by atoms with Gasteiger partial charge in [0.15, 0.2) is 0 Å². The summed E-state index contributed by atoms with van der Waals surface area (Å²) in [5.41, 5.74) is 4.98. The van der Waals surface area contributed by atoms with Gasteiger partial charge in [0.1, 0.15) is 5.75 Å². The quantitative estimate of drug-likeness (QED) is 0.690. The Bertz CT molecular complexity index is 760. The van der Waals surface area contributed by atoms with Crippen molar-refractivity contribution in [2.24, 2.45) is 0 Å². The average molecular weight is 279 g/mol. The van der Waals surface area contributed by atoms with Crippen molar-refractivity contribution >= 4 is 10.9 Å². The normalized spacial score (nSPS) is 11.8. The van der Waals surface area contributed by atoms with Crippen molar-refractivity contribution in [1.29, 1.82) is 0 Å². The highest BCUT2D eigenvalue weighted by Crippen LogP contribution is 2.29. The Labute approximate surface area is 125 Å². The van der Waals surface area contributed by atoms with Gasteiger partial charge < -0.3 is 9.72 Å². The fourth-order valence-corrected chi connectivity index (χ4v) is 2.54. The topological polar surface area (TPSA) is 25.0 Å². The Kier molecular flexibility index (Phi) is 3.25. The Hall–Kier alpha value is -2.22. The fraction of sp³-hybridized carbons (Fsp3) is 0.263. The zero-order valence-corrected chi connectivity index (χ0v) is 13.0. The molecule has 0 aliphatic heterocycles. The highest BCUT2D eigenvalue weighted by molar-refractivity contribution is 5.86. The molecule has 2 heteroatoms. The summed E-state index contributed by atoms with van der Waals surface area (Å²) >= 11 is 0. The molecule has 0 unspecified atom stereocenters. The van der Waals surface area contributed by atoms with E-state index in [9.17, 15) is 0 Å². The number of hydrogen-bond acceptors (Lipinski definition) is 1. The number of fused-ring (bicyclic) bond motifs is 1. The first kappa shape index (κ1) is 13.7. The lowest BCUT2D eigenvalue weighted by Gasteiger charge is -2.19. The van der Waals surface area contributed by atoms with Crippen molar-refractivity contribution < 1.29 is 4.74 Å². The van der Waals surface area contributed by atoms with E-state index in [0.29, 0.717) is 0 Å². The van der Waals surface area contributed by atoms with E-state index in [4.69, 9.17) is 4.74 Å². The molecule has 2 aromatic carbocycles. The first-order valence-corrected chi connectivity index (χ1v) is 7.25. The second kappa shape index (κ2) is 4.96. The number of rotatable bonds is 2. The monoisotopic (exact) mass is 279 g/mol. The van der Waals surface area contributed by atoms with Crippen molar-refractivity contribution in [1.82, 2.24) is 4.98 Å². The van der Waals surface area contributed by atoms with Gasteiger partial charge in [-0.25, -0.2) is 0 Å².